The number of nitrogens with zero attached hydrogens (tertiary/aromatic N) is 3. The fraction of sp³-hybridized carbons (Fsp3) is 0.480. The van der Waals surface area contributed by atoms with E-state index in [0.29, 0.717) is 17.8 Å². The van der Waals surface area contributed by atoms with Crippen LogP contribution >= 0.6 is 0 Å². The molecule has 2 saturated heterocycles. The van der Waals surface area contributed by atoms with Gasteiger partial charge < -0.3 is 14.9 Å². The van der Waals surface area contributed by atoms with Crippen LogP contribution in [0.5, 0.6) is 5.75 Å². The molecule has 4 rings (SSSR count). The standard InChI is InChI=1S/C25H33N3O2/c1-18-17-28(19(2)16-26(18)3)24(22-8-4-5-9-23(22)29)20-10-12-21(13-11-20)25(30)27-14-6-7-15-27/h4-5,8-13,18-19,24,29H,6-7,14-17H2,1-3H3/t18-,19-,24+/m0/s1. The third-order valence-corrected chi connectivity index (χ3v) is 6.78. The third-order valence-electron chi connectivity index (χ3n) is 6.78. The zero-order valence-corrected chi connectivity index (χ0v) is 18.3. The normalized spacial score (nSPS) is 24.2. The molecule has 2 fully saturated rings. The number of likely N-dealkylation sites (tertiary alicyclic amines) is 1. The van der Waals surface area contributed by atoms with Crippen LogP contribution in [-0.4, -0.2) is 71.0 Å². The molecule has 0 spiro atoms. The molecule has 2 aromatic carbocycles. The van der Waals surface area contributed by atoms with E-state index in [4.69, 9.17) is 0 Å². The van der Waals surface area contributed by atoms with Crippen LogP contribution < -0.4 is 0 Å². The summed E-state index contributed by atoms with van der Waals surface area (Å²) in [5, 5.41) is 10.7. The molecule has 0 aromatic heterocycles. The summed E-state index contributed by atoms with van der Waals surface area (Å²) in [6, 6.07) is 16.4. The maximum atomic E-state index is 12.8. The molecule has 0 unspecified atom stereocenters. The first-order valence-electron chi connectivity index (χ1n) is 11.1. The number of benzene rings is 2. The number of hydrogen-bond acceptors (Lipinski definition) is 4. The molecular formula is C25H33N3O2. The number of phenolic OH excluding ortho intramolecular Hbond substituents is 1. The van der Waals surface area contributed by atoms with Gasteiger partial charge in [0.25, 0.3) is 5.91 Å². The Balaban J connectivity index is 1.67. The summed E-state index contributed by atoms with van der Waals surface area (Å²) in [5.74, 6) is 0.443. The van der Waals surface area contributed by atoms with Gasteiger partial charge in [0.05, 0.1) is 6.04 Å². The van der Waals surface area contributed by atoms with Gasteiger partial charge in [0.1, 0.15) is 5.75 Å². The van der Waals surface area contributed by atoms with Gasteiger partial charge in [0.2, 0.25) is 0 Å². The van der Waals surface area contributed by atoms with Crippen LogP contribution in [0.25, 0.3) is 0 Å². The molecule has 0 aliphatic carbocycles. The fourth-order valence-corrected chi connectivity index (χ4v) is 4.87. The Morgan fingerprint density at radius 1 is 0.967 bits per heavy atom. The summed E-state index contributed by atoms with van der Waals surface area (Å²) in [4.78, 5) is 19.6. The predicted octanol–water partition coefficient (Wildman–Crippen LogP) is 3.74. The molecule has 2 aliphatic rings. The van der Waals surface area contributed by atoms with Crippen molar-refractivity contribution < 1.29 is 9.90 Å². The Morgan fingerprint density at radius 2 is 1.63 bits per heavy atom. The first-order valence-corrected chi connectivity index (χ1v) is 11.1. The molecule has 2 aromatic rings. The summed E-state index contributed by atoms with van der Waals surface area (Å²) in [5.41, 5.74) is 2.77. The largest absolute Gasteiger partial charge is 0.508 e. The van der Waals surface area contributed by atoms with Crippen molar-refractivity contribution >= 4 is 5.91 Å². The maximum Gasteiger partial charge on any atom is 0.253 e. The number of hydrogen-bond donors (Lipinski definition) is 1. The molecule has 1 amide bonds. The van der Waals surface area contributed by atoms with E-state index in [2.05, 4.69) is 42.8 Å². The van der Waals surface area contributed by atoms with Crippen LogP contribution in [0.3, 0.4) is 0 Å². The average molecular weight is 408 g/mol. The van der Waals surface area contributed by atoms with Gasteiger partial charge in [-0.1, -0.05) is 30.3 Å². The van der Waals surface area contributed by atoms with Gasteiger partial charge in [-0.25, -0.2) is 0 Å². The molecule has 2 heterocycles. The first kappa shape index (κ1) is 20.9. The first-order chi connectivity index (χ1) is 14.5. The van der Waals surface area contributed by atoms with Gasteiger partial charge in [-0.2, -0.15) is 0 Å². The highest BCUT2D eigenvalue weighted by molar-refractivity contribution is 5.94. The second-order valence-electron chi connectivity index (χ2n) is 8.92. The van der Waals surface area contributed by atoms with Crippen molar-refractivity contribution in [2.75, 3.05) is 33.2 Å². The fourth-order valence-electron chi connectivity index (χ4n) is 4.87. The van der Waals surface area contributed by atoms with E-state index in [1.807, 2.05) is 35.2 Å². The smallest absolute Gasteiger partial charge is 0.253 e. The molecule has 30 heavy (non-hydrogen) atoms. The second-order valence-corrected chi connectivity index (χ2v) is 8.92. The molecule has 3 atom stereocenters. The molecule has 160 valence electrons. The Kier molecular flexibility index (Phi) is 6.11. The third kappa shape index (κ3) is 4.09. The molecule has 5 heteroatoms. The summed E-state index contributed by atoms with van der Waals surface area (Å²) >= 11 is 0. The highest BCUT2D eigenvalue weighted by Gasteiger charge is 2.34. The number of piperazine rings is 1. The SMILES string of the molecule is C[C@H]1CN([C@H](c2ccc(C(=O)N3CCCC3)cc2)c2ccccc2O)[C@@H](C)CN1C. The number of likely N-dealkylation sites (N-methyl/N-ethyl adjacent to an activating group) is 1. The Labute approximate surface area is 179 Å². The lowest BCUT2D eigenvalue weighted by Gasteiger charge is -2.46. The van der Waals surface area contributed by atoms with Gasteiger partial charge in [0.15, 0.2) is 0 Å². The van der Waals surface area contributed by atoms with Gasteiger partial charge >= 0.3 is 0 Å². The van der Waals surface area contributed by atoms with E-state index < -0.39 is 0 Å². The topological polar surface area (TPSA) is 47.0 Å². The number of para-hydroxylation sites is 1. The van der Waals surface area contributed by atoms with Crippen molar-refractivity contribution in [2.45, 2.75) is 44.8 Å². The number of carbonyl (C=O) groups is 1. The molecule has 2 aliphatic heterocycles. The number of phenols is 1. The number of amides is 1. The monoisotopic (exact) mass is 407 g/mol. The Morgan fingerprint density at radius 3 is 2.30 bits per heavy atom. The summed E-state index contributed by atoms with van der Waals surface area (Å²) in [6.07, 6.45) is 2.19. The molecular weight excluding hydrogens is 374 g/mol. The minimum atomic E-state index is -0.0479. The highest BCUT2D eigenvalue weighted by Crippen LogP contribution is 2.37. The van der Waals surface area contributed by atoms with E-state index in [-0.39, 0.29) is 11.9 Å². The van der Waals surface area contributed by atoms with Crippen molar-refractivity contribution in [2.24, 2.45) is 0 Å². The molecule has 5 nitrogen and oxygen atoms in total. The van der Waals surface area contributed by atoms with Crippen molar-refractivity contribution in [3.63, 3.8) is 0 Å². The van der Waals surface area contributed by atoms with Crippen molar-refractivity contribution in [1.82, 2.24) is 14.7 Å². The average Bonchev–Trinajstić information content (AvgIpc) is 3.28. The highest BCUT2D eigenvalue weighted by atomic mass is 16.3. The molecule has 0 radical (unpaired) electrons. The number of carbonyl (C=O) groups excluding carboxylic acids is 1. The predicted molar refractivity (Wildman–Crippen MR) is 120 cm³/mol. The van der Waals surface area contributed by atoms with Crippen molar-refractivity contribution in [1.29, 1.82) is 0 Å². The lowest BCUT2D eigenvalue weighted by Crippen LogP contribution is -2.55. The zero-order valence-electron chi connectivity index (χ0n) is 18.3. The number of aromatic hydroxyl groups is 1. The summed E-state index contributed by atoms with van der Waals surface area (Å²) in [7, 11) is 2.17. The lowest BCUT2D eigenvalue weighted by molar-refractivity contribution is 0.0384. The Hall–Kier alpha value is -2.37. The van der Waals surface area contributed by atoms with Crippen LogP contribution in [0.4, 0.5) is 0 Å². The minimum Gasteiger partial charge on any atom is -0.508 e. The van der Waals surface area contributed by atoms with E-state index in [1.54, 1.807) is 6.07 Å². The quantitative estimate of drug-likeness (QED) is 0.839. The number of rotatable bonds is 4. The molecule has 0 saturated carbocycles. The van der Waals surface area contributed by atoms with Gasteiger partial charge in [-0.15, -0.1) is 0 Å². The van der Waals surface area contributed by atoms with Gasteiger partial charge in [0, 0.05) is 49.4 Å². The Bertz CT molecular complexity index is 876. The van der Waals surface area contributed by atoms with E-state index >= 15 is 0 Å². The summed E-state index contributed by atoms with van der Waals surface area (Å²) < 4.78 is 0. The van der Waals surface area contributed by atoms with Gasteiger partial charge in [-0.05, 0) is 57.5 Å². The van der Waals surface area contributed by atoms with Crippen LogP contribution in [0, 0.1) is 0 Å². The van der Waals surface area contributed by atoms with E-state index in [0.717, 1.165) is 55.7 Å². The summed E-state index contributed by atoms with van der Waals surface area (Å²) in [6.45, 7) is 8.12. The van der Waals surface area contributed by atoms with Crippen molar-refractivity contribution in [3.05, 3.63) is 65.2 Å². The molecule has 0 bridgehead atoms. The van der Waals surface area contributed by atoms with E-state index in [1.165, 1.54) is 0 Å². The maximum absolute atomic E-state index is 12.8. The van der Waals surface area contributed by atoms with Crippen LogP contribution in [0.15, 0.2) is 48.5 Å². The van der Waals surface area contributed by atoms with Crippen LogP contribution in [0.2, 0.25) is 0 Å². The minimum absolute atomic E-state index is 0.0479. The zero-order chi connectivity index (χ0) is 21.3. The van der Waals surface area contributed by atoms with Crippen molar-refractivity contribution in [3.8, 4) is 5.75 Å². The van der Waals surface area contributed by atoms with Crippen LogP contribution in [-0.2, 0) is 0 Å². The second kappa shape index (κ2) is 8.78. The van der Waals surface area contributed by atoms with Gasteiger partial charge in [-0.3, -0.25) is 9.69 Å². The van der Waals surface area contributed by atoms with Crippen LogP contribution in [0.1, 0.15) is 54.2 Å². The molecule has 1 N–H and O–H groups in total. The lowest BCUT2D eigenvalue weighted by atomic mass is 9.92. The van der Waals surface area contributed by atoms with E-state index in [9.17, 15) is 9.90 Å².